The minimum Gasteiger partial charge on any atom is -0.444 e. The highest BCUT2D eigenvalue weighted by Gasteiger charge is 2.16. The zero-order valence-corrected chi connectivity index (χ0v) is 11.2. The van der Waals surface area contributed by atoms with Crippen LogP contribution in [0.1, 0.15) is 26.3 Å². The van der Waals surface area contributed by atoms with Crippen LogP contribution in [0.25, 0.3) is 0 Å². The van der Waals surface area contributed by atoms with Crippen LogP contribution in [-0.2, 0) is 16.1 Å². The molecule has 1 aromatic rings. The average molecular weight is 252 g/mol. The molecule has 0 aliphatic heterocycles. The van der Waals surface area contributed by atoms with Crippen LogP contribution in [-0.4, -0.2) is 18.8 Å². The molecule has 5 heteroatoms. The lowest BCUT2D eigenvalue weighted by molar-refractivity contribution is 0.0636. The first-order valence-electron chi connectivity index (χ1n) is 5.75. The topological polar surface area (TPSA) is 59.6 Å². The Morgan fingerprint density at radius 3 is 2.67 bits per heavy atom. The number of nitrogens with one attached hydrogen (secondary N) is 2. The molecule has 0 atom stereocenters. The van der Waals surface area contributed by atoms with E-state index in [1.54, 1.807) is 13.2 Å². The second-order valence-corrected chi connectivity index (χ2v) is 4.85. The summed E-state index contributed by atoms with van der Waals surface area (Å²) in [5.74, 6) is 0. The Morgan fingerprint density at radius 2 is 2.06 bits per heavy atom. The molecular formula is C13H20N2O3. The Morgan fingerprint density at radius 1 is 1.33 bits per heavy atom. The molecule has 5 nitrogen and oxygen atoms in total. The SMILES string of the molecule is CONCc1cccc(NC(=O)OC(C)(C)C)c1. The van der Waals surface area contributed by atoms with E-state index in [2.05, 4.69) is 10.8 Å². The van der Waals surface area contributed by atoms with Crippen molar-refractivity contribution in [1.29, 1.82) is 0 Å². The van der Waals surface area contributed by atoms with Gasteiger partial charge < -0.3 is 9.57 Å². The van der Waals surface area contributed by atoms with Gasteiger partial charge in [-0.3, -0.25) is 5.32 Å². The number of hydrogen-bond donors (Lipinski definition) is 2. The highest BCUT2D eigenvalue weighted by Crippen LogP contribution is 2.13. The molecule has 18 heavy (non-hydrogen) atoms. The Kier molecular flexibility index (Phi) is 5.12. The summed E-state index contributed by atoms with van der Waals surface area (Å²) < 4.78 is 5.17. The van der Waals surface area contributed by atoms with Crippen molar-refractivity contribution in [3.05, 3.63) is 29.8 Å². The molecule has 0 bridgehead atoms. The molecule has 1 rings (SSSR count). The van der Waals surface area contributed by atoms with E-state index in [1.165, 1.54) is 0 Å². The third-order valence-corrected chi connectivity index (χ3v) is 1.99. The smallest absolute Gasteiger partial charge is 0.412 e. The molecule has 0 heterocycles. The molecule has 2 N–H and O–H groups in total. The molecule has 1 amide bonds. The molecule has 0 aliphatic carbocycles. The molecule has 0 fully saturated rings. The first-order valence-corrected chi connectivity index (χ1v) is 5.75. The van der Waals surface area contributed by atoms with Gasteiger partial charge in [0.05, 0.1) is 7.11 Å². The average Bonchev–Trinajstić information content (AvgIpc) is 2.24. The van der Waals surface area contributed by atoms with Crippen LogP contribution in [0.5, 0.6) is 0 Å². The molecule has 0 saturated carbocycles. The number of carbonyl (C=O) groups is 1. The van der Waals surface area contributed by atoms with Gasteiger partial charge in [-0.15, -0.1) is 0 Å². The lowest BCUT2D eigenvalue weighted by Gasteiger charge is -2.19. The minimum atomic E-state index is -0.501. The lowest BCUT2D eigenvalue weighted by atomic mass is 10.2. The number of anilines is 1. The van der Waals surface area contributed by atoms with E-state index in [-0.39, 0.29) is 0 Å². The van der Waals surface area contributed by atoms with E-state index in [9.17, 15) is 4.79 Å². The van der Waals surface area contributed by atoms with Crippen LogP contribution < -0.4 is 10.8 Å². The number of hydroxylamine groups is 1. The fourth-order valence-electron chi connectivity index (χ4n) is 1.34. The number of carbonyl (C=O) groups excluding carboxylic acids is 1. The fourth-order valence-corrected chi connectivity index (χ4v) is 1.34. The molecule has 1 aromatic carbocycles. The van der Waals surface area contributed by atoms with Crippen LogP contribution >= 0.6 is 0 Å². The number of hydrogen-bond acceptors (Lipinski definition) is 4. The predicted molar refractivity (Wildman–Crippen MR) is 70.1 cm³/mol. The standard InChI is InChI=1S/C13H20N2O3/c1-13(2,3)18-12(16)15-11-7-5-6-10(8-11)9-14-17-4/h5-8,14H,9H2,1-4H3,(H,15,16). The van der Waals surface area contributed by atoms with Gasteiger partial charge in [0.1, 0.15) is 5.60 Å². The lowest BCUT2D eigenvalue weighted by Crippen LogP contribution is -2.27. The van der Waals surface area contributed by atoms with E-state index < -0.39 is 11.7 Å². The number of rotatable bonds is 4. The summed E-state index contributed by atoms with van der Waals surface area (Å²) in [6.07, 6.45) is -0.459. The summed E-state index contributed by atoms with van der Waals surface area (Å²) in [4.78, 5) is 16.4. The third-order valence-electron chi connectivity index (χ3n) is 1.99. The number of benzene rings is 1. The van der Waals surface area contributed by atoms with Gasteiger partial charge in [-0.1, -0.05) is 12.1 Å². The van der Waals surface area contributed by atoms with Crippen molar-refractivity contribution in [3.63, 3.8) is 0 Å². The van der Waals surface area contributed by atoms with Crippen molar-refractivity contribution in [2.75, 3.05) is 12.4 Å². The summed E-state index contributed by atoms with van der Waals surface area (Å²) in [5, 5.41) is 2.69. The van der Waals surface area contributed by atoms with Crippen LogP contribution in [0.2, 0.25) is 0 Å². The maximum Gasteiger partial charge on any atom is 0.412 e. The second-order valence-electron chi connectivity index (χ2n) is 4.85. The zero-order valence-electron chi connectivity index (χ0n) is 11.2. The Bertz CT molecular complexity index is 399. The highest BCUT2D eigenvalue weighted by molar-refractivity contribution is 5.84. The van der Waals surface area contributed by atoms with Crippen molar-refractivity contribution >= 4 is 11.8 Å². The van der Waals surface area contributed by atoms with Crippen LogP contribution in [0.3, 0.4) is 0 Å². The van der Waals surface area contributed by atoms with Crippen molar-refractivity contribution in [2.45, 2.75) is 32.9 Å². The Hall–Kier alpha value is -1.59. The molecule has 0 saturated heterocycles. The van der Waals surface area contributed by atoms with Crippen LogP contribution in [0, 0.1) is 0 Å². The first kappa shape index (κ1) is 14.5. The van der Waals surface area contributed by atoms with Gasteiger partial charge >= 0.3 is 6.09 Å². The molecule has 100 valence electrons. The zero-order chi connectivity index (χ0) is 13.6. The van der Waals surface area contributed by atoms with E-state index >= 15 is 0 Å². The van der Waals surface area contributed by atoms with E-state index in [1.807, 2.05) is 39.0 Å². The maximum atomic E-state index is 11.6. The quantitative estimate of drug-likeness (QED) is 0.809. The van der Waals surface area contributed by atoms with E-state index in [0.717, 1.165) is 5.56 Å². The fraction of sp³-hybridized carbons (Fsp3) is 0.462. The summed E-state index contributed by atoms with van der Waals surface area (Å²) >= 11 is 0. The number of ether oxygens (including phenoxy) is 1. The minimum absolute atomic E-state index is 0.459. The maximum absolute atomic E-state index is 11.6. The van der Waals surface area contributed by atoms with Gasteiger partial charge in [-0.05, 0) is 38.5 Å². The van der Waals surface area contributed by atoms with Crippen molar-refractivity contribution in [2.24, 2.45) is 0 Å². The van der Waals surface area contributed by atoms with Gasteiger partial charge in [-0.2, -0.15) is 5.48 Å². The molecule has 0 aliphatic rings. The number of amides is 1. The van der Waals surface area contributed by atoms with Crippen LogP contribution in [0.4, 0.5) is 10.5 Å². The molecule has 0 radical (unpaired) electrons. The summed E-state index contributed by atoms with van der Waals surface area (Å²) in [5.41, 5.74) is 3.94. The van der Waals surface area contributed by atoms with Gasteiger partial charge in [0.15, 0.2) is 0 Å². The van der Waals surface area contributed by atoms with Gasteiger partial charge in [0.2, 0.25) is 0 Å². The monoisotopic (exact) mass is 252 g/mol. The van der Waals surface area contributed by atoms with Crippen molar-refractivity contribution < 1.29 is 14.4 Å². The van der Waals surface area contributed by atoms with Crippen molar-refractivity contribution in [1.82, 2.24) is 5.48 Å². The Labute approximate surface area is 107 Å². The summed E-state index contributed by atoms with van der Waals surface area (Å²) in [6, 6.07) is 7.46. The Balaban J connectivity index is 2.59. The molecule has 0 aromatic heterocycles. The van der Waals surface area contributed by atoms with Crippen LogP contribution in [0.15, 0.2) is 24.3 Å². The molecule has 0 spiro atoms. The largest absolute Gasteiger partial charge is 0.444 e. The van der Waals surface area contributed by atoms with E-state index in [4.69, 9.17) is 9.57 Å². The van der Waals surface area contributed by atoms with Gasteiger partial charge in [-0.25, -0.2) is 4.79 Å². The van der Waals surface area contributed by atoms with Gasteiger partial charge in [0.25, 0.3) is 0 Å². The van der Waals surface area contributed by atoms with E-state index in [0.29, 0.717) is 12.2 Å². The summed E-state index contributed by atoms with van der Waals surface area (Å²) in [7, 11) is 1.56. The highest BCUT2D eigenvalue weighted by atomic mass is 16.6. The predicted octanol–water partition coefficient (Wildman–Crippen LogP) is 2.68. The molecular weight excluding hydrogens is 232 g/mol. The first-order chi connectivity index (χ1) is 8.40. The second kappa shape index (κ2) is 6.37. The summed E-state index contributed by atoms with van der Waals surface area (Å²) in [6.45, 7) is 6.04. The van der Waals surface area contributed by atoms with Crippen molar-refractivity contribution in [3.8, 4) is 0 Å². The van der Waals surface area contributed by atoms with Gasteiger partial charge in [0, 0.05) is 12.2 Å². The normalized spacial score (nSPS) is 11.1. The molecule has 0 unspecified atom stereocenters. The third kappa shape index (κ3) is 5.65.